The molecule has 1 atom stereocenters. The molecule has 1 saturated carbocycles. The molecule has 1 aromatic carbocycles. The van der Waals surface area contributed by atoms with Crippen LogP contribution in [-0.2, 0) is 14.9 Å². The van der Waals surface area contributed by atoms with Gasteiger partial charge in [-0.25, -0.2) is 0 Å². The number of hydrogen-bond donors (Lipinski definition) is 0. The van der Waals surface area contributed by atoms with E-state index < -0.39 is 5.60 Å². The summed E-state index contributed by atoms with van der Waals surface area (Å²) in [7, 11) is 0. The van der Waals surface area contributed by atoms with Crippen molar-refractivity contribution in [1.29, 1.82) is 0 Å². The first-order valence-electron chi connectivity index (χ1n) is 6.69. The molecule has 0 bridgehead atoms. The molecule has 3 heteroatoms. The number of carbonyl (C=O) groups excluding carboxylic acids is 1. The van der Waals surface area contributed by atoms with Gasteiger partial charge in [0.15, 0.2) is 0 Å². The molecule has 1 fully saturated rings. The summed E-state index contributed by atoms with van der Waals surface area (Å²) in [6.45, 7) is 7.91. The van der Waals surface area contributed by atoms with Crippen molar-refractivity contribution in [2.75, 3.05) is 0 Å². The third kappa shape index (κ3) is 3.38. The molecule has 1 unspecified atom stereocenters. The van der Waals surface area contributed by atoms with Crippen LogP contribution in [0.3, 0.4) is 0 Å². The Kier molecular flexibility index (Phi) is 3.78. The Balaban J connectivity index is 2.24. The molecule has 1 aliphatic rings. The quantitative estimate of drug-likeness (QED) is 0.603. The van der Waals surface area contributed by atoms with Crippen molar-refractivity contribution in [3.63, 3.8) is 0 Å². The highest BCUT2D eigenvalue weighted by molar-refractivity contribution is 9.09. The van der Waals surface area contributed by atoms with Crippen LogP contribution in [0.1, 0.15) is 56.5 Å². The summed E-state index contributed by atoms with van der Waals surface area (Å²) in [4.78, 5) is 11.8. The van der Waals surface area contributed by atoms with Crippen LogP contribution in [-0.4, -0.2) is 11.6 Å². The van der Waals surface area contributed by atoms with E-state index in [2.05, 4.69) is 28.9 Å². The average molecular weight is 325 g/mol. The van der Waals surface area contributed by atoms with Crippen LogP contribution in [0.4, 0.5) is 0 Å². The fourth-order valence-corrected chi connectivity index (χ4v) is 2.70. The molecular formula is C16H21BrO2. The van der Waals surface area contributed by atoms with Gasteiger partial charge in [0, 0.05) is 0 Å². The van der Waals surface area contributed by atoms with E-state index in [1.165, 1.54) is 18.4 Å². The van der Waals surface area contributed by atoms with Gasteiger partial charge in [0.05, 0.1) is 0 Å². The van der Waals surface area contributed by atoms with Gasteiger partial charge < -0.3 is 4.74 Å². The van der Waals surface area contributed by atoms with Crippen LogP contribution in [0, 0.1) is 0 Å². The second-order valence-electron chi connectivity index (χ2n) is 6.54. The van der Waals surface area contributed by atoms with Gasteiger partial charge in [0.2, 0.25) is 0 Å². The molecule has 1 aliphatic carbocycles. The zero-order chi connectivity index (χ0) is 14.3. The Hall–Kier alpha value is -0.830. The molecule has 19 heavy (non-hydrogen) atoms. The maximum atomic E-state index is 12.2. The standard InChI is InChI=1S/C16H21BrO2/c1-15(2,3)19-14(18)13(17)11-7-5-6-8-12(11)16(4)9-10-16/h5-8,13H,9-10H2,1-4H3. The van der Waals surface area contributed by atoms with Crippen LogP contribution in [0.25, 0.3) is 0 Å². The third-order valence-corrected chi connectivity index (χ3v) is 4.36. The molecule has 0 N–H and O–H groups in total. The van der Waals surface area contributed by atoms with Crippen molar-refractivity contribution in [2.24, 2.45) is 0 Å². The molecule has 0 saturated heterocycles. The van der Waals surface area contributed by atoms with E-state index in [1.807, 2.05) is 39.0 Å². The van der Waals surface area contributed by atoms with E-state index in [-0.39, 0.29) is 16.2 Å². The van der Waals surface area contributed by atoms with E-state index in [0.29, 0.717) is 0 Å². The van der Waals surface area contributed by atoms with Gasteiger partial charge in [-0.05, 0) is 50.2 Å². The Bertz CT molecular complexity index is 484. The summed E-state index contributed by atoms with van der Waals surface area (Å²) in [6, 6.07) is 8.16. The second kappa shape index (κ2) is 4.93. The largest absolute Gasteiger partial charge is 0.459 e. The fraction of sp³-hybridized carbons (Fsp3) is 0.562. The minimum atomic E-state index is -0.457. The number of esters is 1. The Labute approximate surface area is 123 Å². The molecule has 2 nitrogen and oxygen atoms in total. The van der Waals surface area contributed by atoms with E-state index in [0.717, 1.165) is 5.56 Å². The topological polar surface area (TPSA) is 26.3 Å². The summed E-state index contributed by atoms with van der Waals surface area (Å²) in [5, 5.41) is 0. The van der Waals surface area contributed by atoms with Gasteiger partial charge in [0.1, 0.15) is 10.4 Å². The molecule has 1 aromatic rings. The zero-order valence-corrected chi connectivity index (χ0v) is 13.6. The van der Waals surface area contributed by atoms with E-state index in [1.54, 1.807) is 0 Å². The van der Waals surface area contributed by atoms with E-state index in [9.17, 15) is 4.79 Å². The number of ether oxygens (including phenoxy) is 1. The maximum Gasteiger partial charge on any atom is 0.324 e. The number of benzene rings is 1. The van der Waals surface area contributed by atoms with Crippen molar-refractivity contribution in [1.82, 2.24) is 0 Å². The molecule has 0 radical (unpaired) electrons. The lowest BCUT2D eigenvalue weighted by Gasteiger charge is -2.23. The fourth-order valence-electron chi connectivity index (χ4n) is 2.20. The first-order chi connectivity index (χ1) is 8.73. The summed E-state index contributed by atoms with van der Waals surface area (Å²) < 4.78 is 5.46. The summed E-state index contributed by atoms with van der Waals surface area (Å²) in [5.41, 5.74) is 2.09. The van der Waals surface area contributed by atoms with Gasteiger partial charge in [-0.3, -0.25) is 4.79 Å². The lowest BCUT2D eigenvalue weighted by atomic mass is 9.91. The summed E-state index contributed by atoms with van der Waals surface area (Å²) in [5.74, 6) is -0.218. The number of carbonyl (C=O) groups is 1. The highest BCUT2D eigenvalue weighted by atomic mass is 79.9. The number of alkyl halides is 1. The lowest BCUT2D eigenvalue weighted by Crippen LogP contribution is -2.26. The molecule has 0 heterocycles. The average Bonchev–Trinajstić information content (AvgIpc) is 3.05. The molecule has 0 amide bonds. The van der Waals surface area contributed by atoms with Crippen molar-refractivity contribution in [3.05, 3.63) is 35.4 Å². The summed E-state index contributed by atoms with van der Waals surface area (Å²) in [6.07, 6.45) is 2.39. The number of halogens is 1. The van der Waals surface area contributed by atoms with Crippen LogP contribution < -0.4 is 0 Å². The zero-order valence-electron chi connectivity index (χ0n) is 12.0. The van der Waals surface area contributed by atoms with Gasteiger partial charge >= 0.3 is 5.97 Å². The maximum absolute atomic E-state index is 12.2. The third-order valence-electron chi connectivity index (χ3n) is 3.50. The van der Waals surface area contributed by atoms with E-state index >= 15 is 0 Å². The van der Waals surface area contributed by atoms with E-state index in [4.69, 9.17) is 4.74 Å². The van der Waals surface area contributed by atoms with Gasteiger partial charge in [-0.2, -0.15) is 0 Å². The highest BCUT2D eigenvalue weighted by Gasteiger charge is 2.42. The van der Waals surface area contributed by atoms with Crippen LogP contribution in [0.2, 0.25) is 0 Å². The first-order valence-corrected chi connectivity index (χ1v) is 7.61. The Morgan fingerprint density at radius 3 is 2.42 bits per heavy atom. The normalized spacial score (nSPS) is 18.8. The summed E-state index contributed by atoms with van der Waals surface area (Å²) >= 11 is 3.50. The van der Waals surface area contributed by atoms with Gasteiger partial charge in [0.25, 0.3) is 0 Å². The van der Waals surface area contributed by atoms with Crippen LogP contribution in [0.5, 0.6) is 0 Å². The molecule has 0 aliphatic heterocycles. The smallest absolute Gasteiger partial charge is 0.324 e. The predicted octanol–water partition coefficient (Wildman–Crippen LogP) is 4.52. The Morgan fingerprint density at radius 1 is 1.32 bits per heavy atom. The van der Waals surface area contributed by atoms with Gasteiger partial charge in [-0.1, -0.05) is 47.1 Å². The molecule has 0 aromatic heterocycles. The van der Waals surface area contributed by atoms with Gasteiger partial charge in [-0.15, -0.1) is 0 Å². The van der Waals surface area contributed by atoms with Crippen LogP contribution >= 0.6 is 15.9 Å². The molecular weight excluding hydrogens is 304 g/mol. The predicted molar refractivity (Wildman–Crippen MR) is 80.5 cm³/mol. The highest BCUT2D eigenvalue weighted by Crippen LogP contribution is 2.50. The van der Waals surface area contributed by atoms with Crippen molar-refractivity contribution < 1.29 is 9.53 Å². The van der Waals surface area contributed by atoms with Crippen molar-refractivity contribution >= 4 is 21.9 Å². The molecule has 0 spiro atoms. The minimum Gasteiger partial charge on any atom is -0.459 e. The monoisotopic (exact) mass is 324 g/mol. The molecule has 104 valence electrons. The lowest BCUT2D eigenvalue weighted by molar-refractivity contribution is -0.154. The minimum absolute atomic E-state index is 0.218. The van der Waals surface area contributed by atoms with Crippen LogP contribution in [0.15, 0.2) is 24.3 Å². The number of hydrogen-bond acceptors (Lipinski definition) is 2. The second-order valence-corrected chi connectivity index (χ2v) is 7.46. The van der Waals surface area contributed by atoms with Crippen molar-refractivity contribution in [3.8, 4) is 0 Å². The number of rotatable bonds is 3. The Morgan fingerprint density at radius 2 is 1.89 bits per heavy atom. The van der Waals surface area contributed by atoms with Crippen molar-refractivity contribution in [2.45, 2.75) is 56.4 Å². The first kappa shape index (κ1) is 14.6. The molecule has 2 rings (SSSR count). The SMILES string of the molecule is CC(C)(C)OC(=O)C(Br)c1ccccc1C1(C)CC1.